The van der Waals surface area contributed by atoms with Gasteiger partial charge in [0.15, 0.2) is 5.65 Å². The van der Waals surface area contributed by atoms with Crippen LogP contribution < -0.4 is 11.3 Å². The van der Waals surface area contributed by atoms with E-state index in [1.807, 2.05) is 18.2 Å². The van der Waals surface area contributed by atoms with Gasteiger partial charge in [0, 0.05) is 10.0 Å². The number of pyridine rings is 1. The number of aromatic nitrogens is 2. The Balaban J connectivity index is 2.68. The fourth-order valence-electron chi connectivity index (χ4n) is 2.57. The number of rotatable bonds is 1. The summed E-state index contributed by atoms with van der Waals surface area (Å²) in [6, 6.07) is 10.7. The van der Waals surface area contributed by atoms with E-state index in [0.717, 1.165) is 4.40 Å². The molecule has 2 aromatic heterocycles. The zero-order valence-corrected chi connectivity index (χ0v) is 13.6. The summed E-state index contributed by atoms with van der Waals surface area (Å²) in [6.45, 7) is 0. The predicted molar refractivity (Wildman–Crippen MR) is 89.8 cm³/mol. The van der Waals surface area contributed by atoms with Gasteiger partial charge in [0.25, 0.3) is 5.56 Å². The van der Waals surface area contributed by atoms with E-state index in [1.165, 1.54) is 0 Å². The van der Waals surface area contributed by atoms with Crippen LogP contribution in [-0.4, -0.2) is 9.38 Å². The molecule has 24 heavy (non-hydrogen) atoms. The van der Waals surface area contributed by atoms with Crippen LogP contribution >= 0.6 is 15.9 Å². The third-order valence-corrected chi connectivity index (χ3v) is 4.13. The van der Waals surface area contributed by atoms with Crippen LogP contribution in [0.25, 0.3) is 16.6 Å². The minimum absolute atomic E-state index is 0.00391. The maximum absolute atomic E-state index is 12.8. The van der Waals surface area contributed by atoms with Crippen molar-refractivity contribution in [2.75, 3.05) is 5.73 Å². The Morgan fingerprint density at radius 3 is 2.54 bits per heavy atom. The lowest BCUT2D eigenvalue weighted by Gasteiger charge is -2.13. The Morgan fingerprint density at radius 2 is 1.92 bits per heavy atom. The van der Waals surface area contributed by atoms with E-state index in [9.17, 15) is 15.3 Å². The van der Waals surface area contributed by atoms with Gasteiger partial charge in [-0.2, -0.15) is 15.8 Å². The second-order valence-corrected chi connectivity index (χ2v) is 5.83. The molecule has 0 atom stereocenters. The highest BCUT2D eigenvalue weighted by atomic mass is 79.9. The third-order valence-electron chi connectivity index (χ3n) is 3.63. The van der Waals surface area contributed by atoms with Gasteiger partial charge in [0.1, 0.15) is 23.5 Å². The molecule has 8 heteroatoms. The summed E-state index contributed by atoms with van der Waals surface area (Å²) in [5.74, 6) is -0.129. The third kappa shape index (κ3) is 2.08. The molecule has 0 fully saturated rings. The molecule has 0 amide bonds. The zero-order valence-electron chi connectivity index (χ0n) is 12.0. The van der Waals surface area contributed by atoms with E-state index in [1.54, 1.807) is 18.2 Å². The van der Waals surface area contributed by atoms with Crippen molar-refractivity contribution in [2.45, 2.75) is 6.42 Å². The number of benzene rings is 1. The zero-order chi connectivity index (χ0) is 17.4. The Bertz CT molecular complexity index is 1210. The molecule has 0 aliphatic carbocycles. The summed E-state index contributed by atoms with van der Waals surface area (Å²) in [5.41, 5.74) is 6.07. The summed E-state index contributed by atoms with van der Waals surface area (Å²) in [5, 5.41) is 28.1. The summed E-state index contributed by atoms with van der Waals surface area (Å²) in [4.78, 5) is 17.2. The molecule has 0 saturated heterocycles. The highest BCUT2D eigenvalue weighted by Crippen LogP contribution is 2.25. The molecule has 114 valence electrons. The molecule has 0 unspecified atom stereocenters. The number of nitrogen functional groups attached to an aromatic ring is 1. The number of nitrogens with two attached hydrogens (primary N) is 1. The lowest BCUT2D eigenvalue weighted by Crippen LogP contribution is -2.21. The summed E-state index contributed by atoms with van der Waals surface area (Å²) in [7, 11) is 0. The number of hydrogen-bond donors (Lipinski definition) is 1. The van der Waals surface area contributed by atoms with Gasteiger partial charge in [-0.05, 0) is 18.2 Å². The van der Waals surface area contributed by atoms with Crippen LogP contribution in [0.15, 0.2) is 27.5 Å². The van der Waals surface area contributed by atoms with E-state index in [2.05, 4.69) is 20.9 Å². The molecule has 0 radical (unpaired) electrons. The molecule has 3 rings (SSSR count). The molecule has 7 nitrogen and oxygen atoms in total. The molecule has 2 N–H and O–H groups in total. The SMILES string of the molecule is N#CCc1c(C#N)c(N)n2c(=O)c3cc(Br)ccc3nc2c1C#N. The maximum Gasteiger partial charge on any atom is 0.267 e. The van der Waals surface area contributed by atoms with E-state index in [4.69, 9.17) is 11.0 Å². The fourth-order valence-corrected chi connectivity index (χ4v) is 2.93. The largest absolute Gasteiger partial charge is 0.384 e. The molecule has 0 aliphatic rings. The van der Waals surface area contributed by atoms with Crippen molar-refractivity contribution in [1.82, 2.24) is 9.38 Å². The number of fused-ring (bicyclic) bond motifs is 2. The standard InChI is InChI=1S/C16H7BrN6O/c17-8-1-2-13-10(5-8)16(24)23-14(21)11(6-19)9(3-4-18)12(7-20)15(23)22-13/h1-2,5H,3,21H2. The molecule has 0 bridgehead atoms. The predicted octanol–water partition coefficient (Wildman–Crippen LogP) is 2.00. The smallest absolute Gasteiger partial charge is 0.267 e. The van der Waals surface area contributed by atoms with Crippen molar-refractivity contribution < 1.29 is 0 Å². The molecular formula is C16H7BrN6O. The normalized spacial score (nSPS) is 10.2. The minimum Gasteiger partial charge on any atom is -0.384 e. The molecule has 2 heterocycles. The summed E-state index contributed by atoms with van der Waals surface area (Å²) >= 11 is 3.29. The Hall–Kier alpha value is -3.41. The van der Waals surface area contributed by atoms with Crippen molar-refractivity contribution in [2.24, 2.45) is 0 Å². The highest BCUT2D eigenvalue weighted by molar-refractivity contribution is 9.10. The first-order valence-electron chi connectivity index (χ1n) is 6.67. The van der Waals surface area contributed by atoms with E-state index in [0.29, 0.717) is 15.4 Å². The van der Waals surface area contributed by atoms with E-state index in [-0.39, 0.29) is 34.6 Å². The van der Waals surface area contributed by atoms with E-state index >= 15 is 0 Å². The van der Waals surface area contributed by atoms with E-state index < -0.39 is 5.56 Å². The number of anilines is 1. The first kappa shape index (κ1) is 15.5. The average molecular weight is 379 g/mol. The van der Waals surface area contributed by atoms with Crippen LogP contribution in [0.5, 0.6) is 0 Å². The van der Waals surface area contributed by atoms with Gasteiger partial charge in [-0.3, -0.25) is 4.79 Å². The van der Waals surface area contributed by atoms with Crippen LogP contribution in [0.2, 0.25) is 0 Å². The number of nitriles is 3. The maximum atomic E-state index is 12.8. The average Bonchev–Trinajstić information content (AvgIpc) is 2.56. The number of halogens is 1. The first-order chi connectivity index (χ1) is 11.5. The van der Waals surface area contributed by atoms with Gasteiger partial charge < -0.3 is 5.73 Å². The molecule has 3 aromatic rings. The monoisotopic (exact) mass is 378 g/mol. The highest BCUT2D eigenvalue weighted by Gasteiger charge is 2.21. The van der Waals surface area contributed by atoms with Crippen molar-refractivity contribution in [3.8, 4) is 18.2 Å². The minimum atomic E-state index is -0.481. The van der Waals surface area contributed by atoms with Crippen molar-refractivity contribution in [3.63, 3.8) is 0 Å². The topological polar surface area (TPSA) is 132 Å². The van der Waals surface area contributed by atoms with Crippen LogP contribution in [-0.2, 0) is 6.42 Å². The lowest BCUT2D eigenvalue weighted by atomic mass is 10.0. The van der Waals surface area contributed by atoms with Crippen LogP contribution in [0.4, 0.5) is 5.82 Å². The van der Waals surface area contributed by atoms with Crippen LogP contribution in [0.3, 0.4) is 0 Å². The van der Waals surface area contributed by atoms with Gasteiger partial charge in [-0.15, -0.1) is 0 Å². The van der Waals surface area contributed by atoms with Crippen molar-refractivity contribution in [3.05, 3.63) is 49.7 Å². The molecule has 0 aliphatic heterocycles. The number of hydrogen-bond acceptors (Lipinski definition) is 6. The van der Waals surface area contributed by atoms with Crippen molar-refractivity contribution >= 4 is 38.3 Å². The quantitative estimate of drug-likeness (QED) is 0.643. The van der Waals surface area contributed by atoms with Gasteiger partial charge in [-0.25, -0.2) is 9.38 Å². The van der Waals surface area contributed by atoms with Gasteiger partial charge in [0.2, 0.25) is 0 Å². The Kier molecular flexibility index (Phi) is 3.65. The van der Waals surface area contributed by atoms with Crippen LogP contribution in [0, 0.1) is 34.0 Å². The van der Waals surface area contributed by atoms with Crippen molar-refractivity contribution in [1.29, 1.82) is 15.8 Å². The Labute approximate surface area is 143 Å². The second-order valence-electron chi connectivity index (χ2n) is 4.91. The lowest BCUT2D eigenvalue weighted by molar-refractivity contribution is 1.06. The summed E-state index contributed by atoms with van der Waals surface area (Å²) < 4.78 is 1.74. The van der Waals surface area contributed by atoms with Crippen LogP contribution in [0.1, 0.15) is 16.7 Å². The van der Waals surface area contributed by atoms with Gasteiger partial charge in [0.05, 0.1) is 29.0 Å². The molecule has 0 spiro atoms. The van der Waals surface area contributed by atoms with Gasteiger partial charge in [-0.1, -0.05) is 15.9 Å². The molecular weight excluding hydrogens is 372 g/mol. The first-order valence-corrected chi connectivity index (χ1v) is 7.46. The second kappa shape index (κ2) is 5.66. The number of nitrogens with zero attached hydrogens (tertiary/aromatic N) is 5. The summed E-state index contributed by atoms with van der Waals surface area (Å²) in [6.07, 6.45) is -0.180. The Morgan fingerprint density at radius 1 is 1.21 bits per heavy atom. The molecule has 1 aromatic carbocycles. The fraction of sp³-hybridized carbons (Fsp3) is 0.0625. The molecule has 0 saturated carbocycles. The van der Waals surface area contributed by atoms with Gasteiger partial charge >= 0.3 is 0 Å².